The van der Waals surface area contributed by atoms with Crippen molar-refractivity contribution in [1.82, 2.24) is 0 Å². The highest BCUT2D eigenvalue weighted by molar-refractivity contribution is 7.16. The van der Waals surface area contributed by atoms with Gasteiger partial charge in [-0.25, -0.2) is 0 Å². The van der Waals surface area contributed by atoms with Crippen LogP contribution in [0.15, 0.2) is 36.4 Å². The SMILES string of the molecule is CC.CNc1sc(C)cc1C(N)=O.O=COCc1ccccc1. The normalized spacial score (nSPS) is 8.70. The Kier molecular flexibility index (Phi) is 11.0. The number of primary amides is 1. The Labute approximate surface area is 141 Å². The topological polar surface area (TPSA) is 81.4 Å². The summed E-state index contributed by atoms with van der Waals surface area (Å²) in [7, 11) is 1.78. The van der Waals surface area contributed by atoms with Crippen LogP contribution < -0.4 is 11.1 Å². The first-order valence-corrected chi connectivity index (χ1v) is 8.07. The van der Waals surface area contributed by atoms with Crippen LogP contribution >= 0.6 is 11.3 Å². The first-order chi connectivity index (χ1) is 11.1. The first-order valence-electron chi connectivity index (χ1n) is 7.25. The molecule has 6 heteroatoms. The number of amides is 1. The summed E-state index contributed by atoms with van der Waals surface area (Å²) in [6.07, 6.45) is 0. The van der Waals surface area contributed by atoms with Gasteiger partial charge in [-0.15, -0.1) is 11.3 Å². The largest absolute Gasteiger partial charge is 0.463 e. The minimum atomic E-state index is -0.376. The van der Waals surface area contributed by atoms with Crippen molar-refractivity contribution in [2.45, 2.75) is 27.4 Å². The summed E-state index contributed by atoms with van der Waals surface area (Å²) >= 11 is 1.53. The molecule has 1 aromatic carbocycles. The first kappa shape index (κ1) is 20.7. The number of benzene rings is 1. The van der Waals surface area contributed by atoms with Crippen molar-refractivity contribution in [1.29, 1.82) is 0 Å². The summed E-state index contributed by atoms with van der Waals surface area (Å²) in [5.41, 5.74) is 6.72. The Morgan fingerprint density at radius 3 is 2.35 bits per heavy atom. The number of carbonyl (C=O) groups is 2. The number of hydrogen-bond acceptors (Lipinski definition) is 5. The van der Waals surface area contributed by atoms with Gasteiger partial charge in [0.05, 0.1) is 5.56 Å². The van der Waals surface area contributed by atoms with E-state index in [0.29, 0.717) is 18.6 Å². The highest BCUT2D eigenvalue weighted by Gasteiger charge is 2.09. The monoisotopic (exact) mass is 336 g/mol. The lowest BCUT2D eigenvalue weighted by molar-refractivity contribution is -0.129. The van der Waals surface area contributed by atoms with Crippen LogP contribution in [-0.4, -0.2) is 19.4 Å². The van der Waals surface area contributed by atoms with Crippen LogP contribution in [0, 0.1) is 6.92 Å². The molecule has 0 aliphatic heterocycles. The van der Waals surface area contributed by atoms with Crippen LogP contribution in [0.5, 0.6) is 0 Å². The molecule has 0 fully saturated rings. The molecule has 0 saturated heterocycles. The van der Waals surface area contributed by atoms with E-state index in [2.05, 4.69) is 10.1 Å². The fourth-order valence-corrected chi connectivity index (χ4v) is 2.46. The molecule has 0 unspecified atom stereocenters. The van der Waals surface area contributed by atoms with E-state index >= 15 is 0 Å². The van der Waals surface area contributed by atoms with E-state index in [1.54, 1.807) is 13.1 Å². The molecule has 1 aromatic heterocycles. The Morgan fingerprint density at radius 2 is 1.91 bits per heavy atom. The van der Waals surface area contributed by atoms with Crippen LogP contribution in [0.1, 0.15) is 34.6 Å². The molecule has 0 atom stereocenters. The van der Waals surface area contributed by atoms with Gasteiger partial charge in [-0.3, -0.25) is 9.59 Å². The van der Waals surface area contributed by atoms with Gasteiger partial charge < -0.3 is 15.8 Å². The van der Waals surface area contributed by atoms with Gasteiger partial charge >= 0.3 is 0 Å². The lowest BCUT2D eigenvalue weighted by Gasteiger charge is -1.95. The van der Waals surface area contributed by atoms with Crippen molar-refractivity contribution >= 4 is 28.7 Å². The van der Waals surface area contributed by atoms with Crippen molar-refractivity contribution in [3.8, 4) is 0 Å². The molecule has 5 nitrogen and oxygen atoms in total. The molecule has 2 rings (SSSR count). The lowest BCUT2D eigenvalue weighted by Crippen LogP contribution is -2.11. The van der Waals surface area contributed by atoms with E-state index in [1.807, 2.05) is 51.1 Å². The molecule has 23 heavy (non-hydrogen) atoms. The van der Waals surface area contributed by atoms with Gasteiger partial charge in [0.25, 0.3) is 12.4 Å². The average molecular weight is 336 g/mol. The molecular weight excluding hydrogens is 312 g/mol. The Hall–Kier alpha value is -2.34. The zero-order valence-electron chi connectivity index (χ0n) is 14.0. The maximum Gasteiger partial charge on any atom is 0.293 e. The van der Waals surface area contributed by atoms with Crippen molar-refractivity contribution < 1.29 is 14.3 Å². The number of nitrogens with two attached hydrogens (primary N) is 1. The molecule has 0 saturated carbocycles. The fourth-order valence-electron chi connectivity index (χ4n) is 1.59. The maximum absolute atomic E-state index is 10.8. The van der Waals surface area contributed by atoms with Gasteiger partial charge in [0.1, 0.15) is 11.6 Å². The number of carbonyl (C=O) groups excluding carboxylic acids is 2. The number of hydrogen-bond donors (Lipinski definition) is 2. The number of anilines is 1. The fraction of sp³-hybridized carbons (Fsp3) is 0.294. The summed E-state index contributed by atoms with van der Waals surface area (Å²) in [5.74, 6) is -0.376. The molecular formula is C17H24N2O3S. The standard InChI is InChI=1S/C8H8O2.C7H10N2OS.C2H6/c9-7-10-6-8-4-2-1-3-5-8;1-4-3-5(6(8)10)7(9-2)11-4;1-2/h1-5,7H,6H2;3,9H,1-2H3,(H2,8,10);1-2H3. The van der Waals surface area contributed by atoms with Crippen molar-refractivity contribution in [2.24, 2.45) is 5.73 Å². The number of ether oxygens (including phenoxy) is 1. The van der Waals surface area contributed by atoms with Crippen LogP contribution in [0.25, 0.3) is 0 Å². The van der Waals surface area contributed by atoms with Gasteiger partial charge in [-0.05, 0) is 18.6 Å². The summed E-state index contributed by atoms with van der Waals surface area (Å²) in [6.45, 7) is 6.76. The molecule has 3 N–H and O–H groups in total. The second-order valence-corrected chi connectivity index (χ2v) is 5.36. The van der Waals surface area contributed by atoms with E-state index in [0.717, 1.165) is 15.4 Å². The van der Waals surface area contributed by atoms with E-state index < -0.39 is 0 Å². The Morgan fingerprint density at radius 1 is 1.30 bits per heavy atom. The average Bonchev–Trinajstić information content (AvgIpc) is 2.98. The van der Waals surface area contributed by atoms with Crippen LogP contribution in [0.4, 0.5) is 5.00 Å². The molecule has 0 bridgehead atoms. The third kappa shape index (κ3) is 8.01. The van der Waals surface area contributed by atoms with Crippen molar-refractivity contribution in [3.05, 3.63) is 52.4 Å². The van der Waals surface area contributed by atoms with E-state index in [4.69, 9.17) is 5.73 Å². The van der Waals surface area contributed by atoms with Gasteiger partial charge in [-0.1, -0.05) is 44.2 Å². The molecule has 0 spiro atoms. The van der Waals surface area contributed by atoms with Crippen LogP contribution in [0.3, 0.4) is 0 Å². The van der Waals surface area contributed by atoms with Gasteiger partial charge in [-0.2, -0.15) is 0 Å². The van der Waals surface area contributed by atoms with Gasteiger partial charge in [0, 0.05) is 11.9 Å². The predicted molar refractivity (Wildman–Crippen MR) is 95.8 cm³/mol. The Balaban J connectivity index is 0.000000381. The molecule has 0 aliphatic carbocycles. The number of aryl methyl sites for hydroxylation is 1. The molecule has 0 radical (unpaired) electrons. The van der Waals surface area contributed by atoms with Gasteiger partial charge in [0.15, 0.2) is 0 Å². The highest BCUT2D eigenvalue weighted by Crippen LogP contribution is 2.26. The molecule has 0 aliphatic rings. The third-order valence-electron chi connectivity index (χ3n) is 2.51. The van der Waals surface area contributed by atoms with Crippen molar-refractivity contribution in [3.63, 3.8) is 0 Å². The van der Waals surface area contributed by atoms with Crippen molar-refractivity contribution in [2.75, 3.05) is 12.4 Å². The minimum absolute atomic E-state index is 0.365. The summed E-state index contributed by atoms with van der Waals surface area (Å²) < 4.78 is 4.54. The number of thiophene rings is 1. The van der Waals surface area contributed by atoms with Crippen LogP contribution in [-0.2, 0) is 16.1 Å². The molecule has 126 valence electrons. The zero-order chi connectivity index (χ0) is 17.7. The highest BCUT2D eigenvalue weighted by atomic mass is 32.1. The molecule has 1 amide bonds. The second kappa shape index (κ2) is 12.2. The molecule has 2 aromatic rings. The van der Waals surface area contributed by atoms with Gasteiger partial charge in [0.2, 0.25) is 0 Å². The van der Waals surface area contributed by atoms with Crippen LogP contribution in [0.2, 0.25) is 0 Å². The quantitative estimate of drug-likeness (QED) is 0.818. The number of rotatable bonds is 5. The van der Waals surface area contributed by atoms with E-state index in [1.165, 1.54) is 11.3 Å². The van der Waals surface area contributed by atoms with E-state index in [-0.39, 0.29) is 5.91 Å². The minimum Gasteiger partial charge on any atom is -0.463 e. The summed E-state index contributed by atoms with van der Waals surface area (Å²) in [4.78, 5) is 21.6. The molecule has 1 heterocycles. The summed E-state index contributed by atoms with van der Waals surface area (Å²) in [5, 5.41) is 3.76. The Bertz CT molecular complexity index is 583. The number of nitrogens with one attached hydrogen (secondary N) is 1. The third-order valence-corrected chi connectivity index (χ3v) is 3.58. The smallest absolute Gasteiger partial charge is 0.293 e. The van der Waals surface area contributed by atoms with E-state index in [9.17, 15) is 9.59 Å². The maximum atomic E-state index is 10.8. The summed E-state index contributed by atoms with van der Waals surface area (Å²) in [6, 6.07) is 11.3. The predicted octanol–water partition coefficient (Wildman–Crippen LogP) is 3.58. The zero-order valence-corrected chi connectivity index (χ0v) is 14.8. The second-order valence-electron chi connectivity index (χ2n) is 4.11. The lowest BCUT2D eigenvalue weighted by atomic mass is 10.2.